The molecule has 0 aliphatic heterocycles. The number of nitrogens with one attached hydrogen (secondary N) is 11. The summed E-state index contributed by atoms with van der Waals surface area (Å²) < 4.78 is 0. The zero-order valence-corrected chi connectivity index (χ0v) is 49.5. The van der Waals surface area contributed by atoms with Crippen molar-refractivity contribution in [3.8, 4) is 0 Å². The summed E-state index contributed by atoms with van der Waals surface area (Å²) in [6.07, 6.45) is -0.447. The van der Waals surface area contributed by atoms with Crippen LogP contribution in [0.2, 0.25) is 0 Å². The molecule has 0 saturated heterocycles. The third kappa shape index (κ3) is 24.6. The fraction of sp³-hybridized carbons (Fsp3) is 0.611. The number of nitrogens with zero attached hydrogens (tertiary/aromatic N) is 1. The van der Waals surface area contributed by atoms with Crippen LogP contribution in [0.3, 0.4) is 0 Å². The molecule has 0 aliphatic carbocycles. The maximum atomic E-state index is 14.8. The lowest BCUT2D eigenvalue weighted by Crippen LogP contribution is -2.63. The van der Waals surface area contributed by atoms with Gasteiger partial charge in [0, 0.05) is 43.5 Å². The molecule has 0 aliphatic rings. The number of primary amides is 1. The second-order valence-corrected chi connectivity index (χ2v) is 21.0. The van der Waals surface area contributed by atoms with Gasteiger partial charge in [-0.15, -0.1) is 0 Å². The van der Waals surface area contributed by atoms with Crippen molar-refractivity contribution in [2.45, 2.75) is 173 Å². The first-order valence-electron chi connectivity index (χ1n) is 28.2. The van der Waals surface area contributed by atoms with Gasteiger partial charge in [0.05, 0.1) is 31.8 Å². The van der Waals surface area contributed by atoms with Crippen LogP contribution in [-0.2, 0) is 64.0 Å². The molecule has 1 heterocycles. The molecule has 0 spiro atoms. The number of hydrogen-bond acceptors (Lipinski definition) is 17. The highest BCUT2D eigenvalue weighted by atomic mass is 16.4. The van der Waals surface area contributed by atoms with Crippen LogP contribution in [0.25, 0.3) is 10.9 Å². The topological polar surface area (TPSA) is 538 Å². The number of hydrogen-bond donors (Lipinski definition) is 19. The predicted molar refractivity (Wildman–Crippen MR) is 312 cm³/mol. The summed E-state index contributed by atoms with van der Waals surface area (Å²) >= 11 is 0. The molecule has 0 radical (unpaired) electrons. The molecular weight excluding hydrogens is 1130 g/mol. The van der Waals surface area contributed by atoms with E-state index in [2.05, 4.69) is 63.1 Å². The standard InChI is InChI=1S/C54H88N16O16/c1-8-26(3)41(51(83)69-42(53(85)86)27(4)9-2)68-50(82)39(25-72)67-52(84)43(29(6)73)70-46(78)34(17-12-13-19-59-30(7)74)62-47(79)36(21-31-23-61-33-16-11-10-15-32(31)33)65-45(77)35(18-14-20-60-54(57)58)63-49(81)38(24-71)66-48(80)37(22-40(56)75)64-44(76)28(5)55/h10-11,15-16,23,26-29,34-39,41-43,61,71-73H,8-9,12-14,17-22,24-25,55H2,1-7H3,(H2,56,75)(H,59,74)(H,62,79)(H,63,81)(H,64,76)(H,65,77)(H,66,80)(H,67,84)(H,68,82)(H,69,83)(H,70,78)(H,85,86)(H4,57,58,60)/t26-,27-,28-,29+,34-,35-,36-,37-,38-,39-,41-,42-,43-/m0/s1. The molecular formula is C54H88N16O16. The summed E-state index contributed by atoms with van der Waals surface area (Å²) in [4.78, 5) is 167. The average molecular weight is 1220 g/mol. The average Bonchev–Trinajstić information content (AvgIpc) is 2.46. The zero-order chi connectivity index (χ0) is 65.0. The molecule has 86 heavy (non-hydrogen) atoms. The lowest BCUT2D eigenvalue weighted by Gasteiger charge is -2.30. The normalized spacial score (nSPS) is 15.7. The van der Waals surface area contributed by atoms with Crippen molar-refractivity contribution in [2.24, 2.45) is 39.8 Å². The fourth-order valence-corrected chi connectivity index (χ4v) is 8.50. The first-order chi connectivity index (χ1) is 40.5. The number of aliphatic carboxylic acids is 1. The van der Waals surface area contributed by atoms with Gasteiger partial charge in [-0.1, -0.05) is 58.7 Å². The Kier molecular flexibility index (Phi) is 31.7. The largest absolute Gasteiger partial charge is 0.480 e. The Morgan fingerprint density at radius 1 is 0.570 bits per heavy atom. The number of aliphatic hydroxyl groups excluding tert-OH is 3. The number of aliphatic hydroxyl groups is 3. The molecule has 0 bridgehead atoms. The fourth-order valence-electron chi connectivity index (χ4n) is 8.50. The number of amides is 11. The number of rotatable bonds is 39. The van der Waals surface area contributed by atoms with Gasteiger partial charge in [0.15, 0.2) is 5.96 Å². The second kappa shape index (κ2) is 37.0. The van der Waals surface area contributed by atoms with Crippen LogP contribution in [0.5, 0.6) is 0 Å². The van der Waals surface area contributed by atoms with Crippen LogP contribution in [0.4, 0.5) is 0 Å². The quantitative estimate of drug-likeness (QED) is 0.0168. The molecule has 32 nitrogen and oxygen atoms in total. The van der Waals surface area contributed by atoms with Crippen LogP contribution in [0.1, 0.15) is 105 Å². The van der Waals surface area contributed by atoms with Gasteiger partial charge in [0.2, 0.25) is 65.0 Å². The summed E-state index contributed by atoms with van der Waals surface area (Å²) in [5.74, 6) is -13.4. The van der Waals surface area contributed by atoms with Crippen molar-refractivity contribution in [1.82, 2.24) is 58.2 Å². The third-order valence-electron chi connectivity index (χ3n) is 14.0. The lowest BCUT2D eigenvalue weighted by atomic mass is 9.95. The monoisotopic (exact) mass is 1220 g/mol. The number of carboxylic acids is 1. The second-order valence-electron chi connectivity index (χ2n) is 21.0. The van der Waals surface area contributed by atoms with Crippen LogP contribution < -0.4 is 76.1 Å². The number of aromatic nitrogens is 1. The number of carboxylic acid groups (broad SMARTS) is 1. The molecule has 23 N–H and O–H groups in total. The van der Waals surface area contributed by atoms with Gasteiger partial charge < -0.3 is 102 Å². The number of aliphatic imine (C=N–C) groups is 1. The van der Waals surface area contributed by atoms with Crippen molar-refractivity contribution in [2.75, 3.05) is 26.3 Å². The van der Waals surface area contributed by atoms with Crippen LogP contribution in [0, 0.1) is 11.8 Å². The molecule has 13 atom stereocenters. The van der Waals surface area contributed by atoms with E-state index in [1.54, 1.807) is 58.2 Å². The molecule has 1 aromatic carbocycles. The van der Waals surface area contributed by atoms with Gasteiger partial charge in [-0.3, -0.25) is 57.7 Å². The summed E-state index contributed by atoms with van der Waals surface area (Å²) in [5.41, 5.74) is 23.0. The van der Waals surface area contributed by atoms with Gasteiger partial charge >= 0.3 is 5.97 Å². The Morgan fingerprint density at radius 3 is 1.56 bits per heavy atom. The molecule has 480 valence electrons. The number of para-hydroxylation sites is 1. The smallest absolute Gasteiger partial charge is 0.326 e. The van der Waals surface area contributed by atoms with Gasteiger partial charge in [-0.05, 0) is 69.4 Å². The number of H-pyrrole nitrogens is 1. The van der Waals surface area contributed by atoms with Crippen molar-refractivity contribution in [3.63, 3.8) is 0 Å². The Hall–Kier alpha value is -8.49. The number of fused-ring (bicyclic) bond motifs is 1. The van der Waals surface area contributed by atoms with E-state index >= 15 is 0 Å². The van der Waals surface area contributed by atoms with Gasteiger partial charge in [-0.2, -0.15) is 0 Å². The summed E-state index contributed by atoms with van der Waals surface area (Å²) in [6, 6.07) is -8.74. The molecule has 2 rings (SSSR count). The summed E-state index contributed by atoms with van der Waals surface area (Å²) in [6.45, 7) is 8.34. The number of benzene rings is 1. The minimum Gasteiger partial charge on any atom is -0.480 e. The van der Waals surface area contributed by atoms with E-state index in [0.717, 1.165) is 6.92 Å². The van der Waals surface area contributed by atoms with Crippen LogP contribution >= 0.6 is 0 Å². The van der Waals surface area contributed by atoms with E-state index in [9.17, 15) is 78.0 Å². The lowest BCUT2D eigenvalue weighted by molar-refractivity contribution is -0.144. The Bertz CT molecular complexity index is 2680. The van der Waals surface area contributed by atoms with Crippen molar-refractivity contribution < 1.29 is 78.0 Å². The van der Waals surface area contributed by atoms with E-state index in [4.69, 9.17) is 22.9 Å². The first-order valence-corrected chi connectivity index (χ1v) is 28.2. The molecule has 11 amide bonds. The molecule has 1 aromatic heterocycles. The molecule has 2 aromatic rings. The molecule has 0 saturated carbocycles. The molecule has 0 unspecified atom stereocenters. The van der Waals surface area contributed by atoms with E-state index in [0.29, 0.717) is 29.3 Å². The number of unbranched alkanes of at least 4 members (excludes halogenated alkanes) is 1. The van der Waals surface area contributed by atoms with Gasteiger partial charge in [0.25, 0.3) is 0 Å². The van der Waals surface area contributed by atoms with E-state index in [1.807, 2.05) is 0 Å². The van der Waals surface area contributed by atoms with E-state index in [1.165, 1.54) is 13.8 Å². The highest BCUT2D eigenvalue weighted by Crippen LogP contribution is 2.20. The number of nitrogens with two attached hydrogens (primary N) is 4. The summed E-state index contributed by atoms with van der Waals surface area (Å²) in [5, 5.41) is 66.3. The predicted octanol–water partition coefficient (Wildman–Crippen LogP) is -5.80. The number of aromatic amines is 1. The zero-order valence-electron chi connectivity index (χ0n) is 49.5. The Morgan fingerprint density at radius 2 is 1.02 bits per heavy atom. The van der Waals surface area contributed by atoms with Crippen molar-refractivity contribution in [3.05, 3.63) is 36.0 Å². The Labute approximate surface area is 497 Å². The summed E-state index contributed by atoms with van der Waals surface area (Å²) in [7, 11) is 0. The minimum absolute atomic E-state index is 0.0153. The first kappa shape index (κ1) is 73.6. The van der Waals surface area contributed by atoms with E-state index < -0.39 is 163 Å². The third-order valence-corrected chi connectivity index (χ3v) is 14.0. The Balaban J connectivity index is 2.60. The van der Waals surface area contributed by atoms with Crippen molar-refractivity contribution >= 4 is 87.8 Å². The van der Waals surface area contributed by atoms with Crippen LogP contribution in [-0.4, -0.2) is 195 Å². The van der Waals surface area contributed by atoms with Crippen molar-refractivity contribution in [1.29, 1.82) is 0 Å². The molecule has 0 fully saturated rings. The highest BCUT2D eigenvalue weighted by molar-refractivity contribution is 5.99. The molecule has 32 heteroatoms. The van der Waals surface area contributed by atoms with E-state index in [-0.39, 0.29) is 63.5 Å². The SMILES string of the molecule is CC[C@H](C)[C@H](NC(=O)[C@@H](NC(=O)[C@H](CO)NC(=O)[C@@H](NC(=O)[C@H](CCCCNC(C)=O)NC(=O)[C@H](Cc1c[nH]c2ccccc12)NC(=O)[C@H](CCCN=C(N)N)NC(=O)[C@H](CO)NC(=O)[C@H](CC(N)=O)NC(=O)[C@H](C)N)[C@@H](C)O)[C@@H](C)CC)C(=O)O. The number of carbonyl (C=O) groups excluding carboxylic acids is 11. The maximum Gasteiger partial charge on any atom is 0.326 e. The van der Waals surface area contributed by atoms with Gasteiger partial charge in [-0.25, -0.2) is 4.79 Å². The maximum absolute atomic E-state index is 14.8. The highest BCUT2D eigenvalue weighted by Gasteiger charge is 2.38. The van der Waals surface area contributed by atoms with Crippen LogP contribution in [0.15, 0.2) is 35.5 Å². The van der Waals surface area contributed by atoms with Gasteiger partial charge in [0.1, 0.15) is 54.4 Å². The minimum atomic E-state index is -1.89. The number of guanidine groups is 1. The number of carbonyl (C=O) groups is 12.